The van der Waals surface area contributed by atoms with Crippen LogP contribution < -0.4 is 5.32 Å². The smallest absolute Gasteiger partial charge is 0.409 e. The average Bonchev–Trinajstić information content (AvgIpc) is 2.54. The summed E-state index contributed by atoms with van der Waals surface area (Å²) in [5, 5.41) is 2.88. The zero-order chi connectivity index (χ0) is 18.8. The van der Waals surface area contributed by atoms with Crippen molar-refractivity contribution in [1.29, 1.82) is 0 Å². The fourth-order valence-corrected chi connectivity index (χ4v) is 7.71. The molecule has 0 saturated carbocycles. The summed E-state index contributed by atoms with van der Waals surface area (Å²) in [5.41, 5.74) is 0.717. The standard InChI is InChI=1S/C18H28N2O3SSi/c1-17(2,3)20-14(21)18(24-4,15(20)25(5)6)19-16(22)23-12-13-10-8-7-9-11-13/h7-11,15,25H,12H2,1-6H3,(H,19,22). The lowest BCUT2D eigenvalue weighted by Crippen LogP contribution is -2.84. The highest BCUT2D eigenvalue weighted by Crippen LogP contribution is 2.44. The molecule has 0 aliphatic carbocycles. The van der Waals surface area contributed by atoms with Crippen LogP contribution in [0.5, 0.6) is 0 Å². The van der Waals surface area contributed by atoms with Gasteiger partial charge in [0.05, 0.1) is 14.5 Å². The van der Waals surface area contributed by atoms with Gasteiger partial charge in [-0.1, -0.05) is 43.4 Å². The summed E-state index contributed by atoms with van der Waals surface area (Å²) in [6.07, 6.45) is 1.33. The van der Waals surface area contributed by atoms with Gasteiger partial charge in [-0.3, -0.25) is 10.1 Å². The summed E-state index contributed by atoms with van der Waals surface area (Å²) in [4.78, 5) is 26.3. The summed E-state index contributed by atoms with van der Waals surface area (Å²) in [6, 6.07) is 9.51. The van der Waals surface area contributed by atoms with E-state index in [1.807, 2.05) is 62.3 Å². The number of carbonyl (C=O) groups is 2. The third-order valence-electron chi connectivity index (χ3n) is 4.41. The lowest BCUT2D eigenvalue weighted by Gasteiger charge is -2.61. The summed E-state index contributed by atoms with van der Waals surface area (Å²) in [5.74, 6) is -0.0321. The molecule has 0 aromatic heterocycles. The third-order valence-corrected chi connectivity index (χ3v) is 7.87. The number of hydrogen-bond acceptors (Lipinski definition) is 4. The molecule has 5 nitrogen and oxygen atoms in total. The molecule has 1 fully saturated rings. The zero-order valence-corrected chi connectivity index (χ0v) is 17.8. The Kier molecular flexibility index (Phi) is 5.88. The van der Waals surface area contributed by atoms with Gasteiger partial charge in [-0.25, -0.2) is 4.79 Å². The number of likely N-dealkylation sites (tertiary alicyclic amines) is 1. The van der Waals surface area contributed by atoms with Crippen molar-refractivity contribution in [3.8, 4) is 0 Å². The van der Waals surface area contributed by atoms with Crippen LogP contribution in [-0.2, 0) is 16.1 Å². The Balaban J connectivity index is 2.11. The fourth-order valence-electron chi connectivity index (χ4n) is 3.33. The molecule has 2 amide bonds. The van der Waals surface area contributed by atoms with E-state index in [9.17, 15) is 9.59 Å². The van der Waals surface area contributed by atoms with E-state index in [4.69, 9.17) is 4.74 Å². The summed E-state index contributed by atoms with van der Waals surface area (Å²) in [7, 11) is -1.24. The molecule has 0 bridgehead atoms. The second-order valence-electron chi connectivity index (χ2n) is 7.66. The van der Waals surface area contributed by atoms with E-state index in [-0.39, 0.29) is 23.7 Å². The van der Waals surface area contributed by atoms with Gasteiger partial charge in [-0.15, -0.1) is 11.8 Å². The number of nitrogens with zero attached hydrogens (tertiary/aromatic N) is 1. The van der Waals surface area contributed by atoms with E-state index < -0.39 is 19.8 Å². The first-order chi connectivity index (χ1) is 11.6. The summed E-state index contributed by atoms with van der Waals surface area (Å²) < 4.78 is 5.34. The third kappa shape index (κ3) is 3.87. The minimum absolute atomic E-state index is 0.0321. The van der Waals surface area contributed by atoms with Crippen LogP contribution >= 0.6 is 11.8 Å². The van der Waals surface area contributed by atoms with Crippen LogP contribution in [0.15, 0.2) is 30.3 Å². The number of β-lactam (4-membered cyclic amide) rings is 1. The Morgan fingerprint density at radius 1 is 1.32 bits per heavy atom. The van der Waals surface area contributed by atoms with Crippen LogP contribution in [0.4, 0.5) is 4.79 Å². The van der Waals surface area contributed by atoms with Crippen LogP contribution in [0.1, 0.15) is 26.3 Å². The number of hydrogen-bond donors (Lipinski definition) is 1. The molecule has 2 unspecified atom stereocenters. The summed E-state index contributed by atoms with van der Waals surface area (Å²) >= 11 is 1.41. The van der Waals surface area contributed by atoms with Gasteiger partial charge in [0, 0.05) is 5.54 Å². The number of ether oxygens (including phenoxy) is 1. The van der Waals surface area contributed by atoms with Crippen LogP contribution in [0.2, 0.25) is 13.1 Å². The maximum absolute atomic E-state index is 12.9. The van der Waals surface area contributed by atoms with E-state index in [1.165, 1.54) is 11.8 Å². The molecule has 0 spiro atoms. The highest BCUT2D eigenvalue weighted by atomic mass is 32.2. The van der Waals surface area contributed by atoms with Crippen molar-refractivity contribution in [3.63, 3.8) is 0 Å². The Hall–Kier alpha value is -1.47. The summed E-state index contributed by atoms with van der Waals surface area (Å²) in [6.45, 7) is 10.7. The molecule has 2 rings (SSSR count). The van der Waals surface area contributed by atoms with Crippen LogP contribution in [0, 0.1) is 0 Å². The highest BCUT2D eigenvalue weighted by molar-refractivity contribution is 8.01. The highest BCUT2D eigenvalue weighted by Gasteiger charge is 2.65. The van der Waals surface area contributed by atoms with Gasteiger partial charge < -0.3 is 9.64 Å². The SMILES string of the molecule is CSC1(NC(=O)OCc2ccccc2)C(=O)N(C(C)(C)C)C1[SiH](C)C. The monoisotopic (exact) mass is 380 g/mol. The molecule has 1 saturated heterocycles. The Labute approximate surface area is 156 Å². The van der Waals surface area contributed by atoms with Gasteiger partial charge in [0.25, 0.3) is 5.91 Å². The number of benzene rings is 1. The van der Waals surface area contributed by atoms with Gasteiger partial charge in [0.1, 0.15) is 6.61 Å². The van der Waals surface area contributed by atoms with Crippen molar-refractivity contribution in [3.05, 3.63) is 35.9 Å². The zero-order valence-electron chi connectivity index (χ0n) is 15.8. The Bertz CT molecular complexity index is 633. The molecule has 1 aliphatic rings. The van der Waals surface area contributed by atoms with Crippen LogP contribution in [-0.4, -0.2) is 48.0 Å². The van der Waals surface area contributed by atoms with Crippen molar-refractivity contribution in [1.82, 2.24) is 10.2 Å². The van der Waals surface area contributed by atoms with Crippen molar-refractivity contribution >= 4 is 32.6 Å². The largest absolute Gasteiger partial charge is 0.445 e. The predicted octanol–water partition coefficient (Wildman–Crippen LogP) is 3.01. The Morgan fingerprint density at radius 3 is 2.40 bits per heavy atom. The lowest BCUT2D eigenvalue weighted by atomic mass is 9.95. The van der Waals surface area contributed by atoms with Gasteiger partial charge in [-0.2, -0.15) is 0 Å². The normalized spacial score (nSPS) is 23.4. The predicted molar refractivity (Wildman–Crippen MR) is 105 cm³/mol. The van der Waals surface area contributed by atoms with E-state index in [2.05, 4.69) is 18.4 Å². The lowest BCUT2D eigenvalue weighted by molar-refractivity contribution is -0.157. The van der Waals surface area contributed by atoms with Crippen molar-refractivity contribution in [2.45, 2.75) is 56.5 Å². The molecular formula is C18H28N2O3SSi. The molecule has 25 heavy (non-hydrogen) atoms. The van der Waals surface area contributed by atoms with Crippen molar-refractivity contribution < 1.29 is 14.3 Å². The topological polar surface area (TPSA) is 58.6 Å². The Morgan fingerprint density at radius 2 is 1.92 bits per heavy atom. The quantitative estimate of drug-likeness (QED) is 0.485. The van der Waals surface area contributed by atoms with Gasteiger partial charge in [0.15, 0.2) is 4.87 Å². The minimum Gasteiger partial charge on any atom is -0.445 e. The van der Waals surface area contributed by atoms with E-state index >= 15 is 0 Å². The van der Waals surface area contributed by atoms with E-state index in [0.717, 1.165) is 5.56 Å². The molecule has 138 valence electrons. The molecule has 1 aromatic carbocycles. The van der Waals surface area contributed by atoms with Gasteiger partial charge in [-0.05, 0) is 32.6 Å². The number of rotatable bonds is 5. The van der Waals surface area contributed by atoms with Gasteiger partial charge in [0.2, 0.25) is 0 Å². The molecule has 0 radical (unpaired) electrons. The minimum atomic E-state index is -1.24. The fraction of sp³-hybridized carbons (Fsp3) is 0.556. The first-order valence-electron chi connectivity index (χ1n) is 8.51. The van der Waals surface area contributed by atoms with Crippen LogP contribution in [0.3, 0.4) is 0 Å². The molecule has 1 aromatic rings. The maximum Gasteiger partial charge on any atom is 0.409 e. The second kappa shape index (κ2) is 7.41. The number of thioether (sulfide) groups is 1. The maximum atomic E-state index is 12.9. The second-order valence-corrected chi connectivity index (χ2v) is 11.8. The molecule has 1 heterocycles. The number of carbonyl (C=O) groups excluding carboxylic acids is 2. The van der Waals surface area contributed by atoms with Crippen LogP contribution in [0.25, 0.3) is 0 Å². The molecule has 1 aliphatic heterocycles. The number of amides is 2. The van der Waals surface area contributed by atoms with Crippen molar-refractivity contribution in [2.75, 3.05) is 6.26 Å². The first kappa shape index (κ1) is 19.8. The average molecular weight is 381 g/mol. The van der Waals surface area contributed by atoms with Crippen molar-refractivity contribution in [2.24, 2.45) is 0 Å². The molecular weight excluding hydrogens is 352 g/mol. The van der Waals surface area contributed by atoms with Gasteiger partial charge >= 0.3 is 6.09 Å². The number of alkyl carbamates (subject to hydrolysis) is 1. The molecule has 1 N–H and O–H groups in total. The molecule has 2 atom stereocenters. The van der Waals surface area contributed by atoms with E-state index in [0.29, 0.717) is 0 Å². The van der Waals surface area contributed by atoms with E-state index in [1.54, 1.807) is 0 Å². The number of nitrogens with one attached hydrogen (secondary N) is 1. The first-order valence-corrected chi connectivity index (χ1v) is 12.7. The molecule has 7 heteroatoms.